The molecule has 2 heterocycles. The molecular weight excluding hydrogens is 222 g/mol. The minimum absolute atomic E-state index is 0.0851. The van der Waals surface area contributed by atoms with E-state index in [1.807, 2.05) is 0 Å². The first-order chi connectivity index (χ1) is 8.31. The number of aromatic nitrogens is 2. The average molecular weight is 237 g/mol. The van der Waals surface area contributed by atoms with Crippen molar-refractivity contribution in [2.75, 3.05) is 33.4 Å². The van der Waals surface area contributed by atoms with Crippen LogP contribution in [-0.2, 0) is 9.47 Å². The smallest absolute Gasteiger partial charge is 0.274 e. The number of amides is 1. The zero-order valence-electron chi connectivity index (χ0n) is 9.70. The highest BCUT2D eigenvalue weighted by atomic mass is 16.5. The van der Waals surface area contributed by atoms with Crippen LogP contribution in [0.15, 0.2) is 18.6 Å². The minimum Gasteiger partial charge on any atom is -0.377 e. The molecule has 2 rings (SSSR count). The van der Waals surface area contributed by atoms with Gasteiger partial charge >= 0.3 is 0 Å². The molecule has 1 aromatic heterocycles. The van der Waals surface area contributed by atoms with Crippen molar-refractivity contribution in [3.05, 3.63) is 24.3 Å². The maximum atomic E-state index is 12.1. The fourth-order valence-electron chi connectivity index (χ4n) is 1.68. The lowest BCUT2D eigenvalue weighted by Crippen LogP contribution is -2.38. The van der Waals surface area contributed by atoms with Crippen molar-refractivity contribution in [2.45, 2.75) is 6.10 Å². The lowest BCUT2D eigenvalue weighted by atomic mass is 10.3. The van der Waals surface area contributed by atoms with Gasteiger partial charge in [0.25, 0.3) is 5.91 Å². The number of rotatable bonds is 2. The molecule has 1 aliphatic rings. The van der Waals surface area contributed by atoms with E-state index in [9.17, 15) is 4.79 Å². The van der Waals surface area contributed by atoms with Gasteiger partial charge in [0.1, 0.15) is 5.69 Å². The van der Waals surface area contributed by atoms with Crippen LogP contribution in [-0.4, -0.2) is 60.3 Å². The Morgan fingerprint density at radius 3 is 3.18 bits per heavy atom. The normalized spacial score (nSPS) is 21.0. The van der Waals surface area contributed by atoms with Crippen molar-refractivity contribution in [1.82, 2.24) is 14.9 Å². The highest BCUT2D eigenvalue weighted by Gasteiger charge is 2.23. The van der Waals surface area contributed by atoms with E-state index in [1.165, 1.54) is 12.4 Å². The molecule has 0 radical (unpaired) electrons. The average Bonchev–Trinajstić information content (AvgIpc) is 2.64. The Morgan fingerprint density at radius 2 is 2.47 bits per heavy atom. The summed E-state index contributed by atoms with van der Waals surface area (Å²) in [6.07, 6.45) is 4.43. The summed E-state index contributed by atoms with van der Waals surface area (Å²) in [4.78, 5) is 21.7. The first kappa shape index (κ1) is 11.9. The summed E-state index contributed by atoms with van der Waals surface area (Å²) in [5.74, 6) is -0.134. The molecule has 0 aliphatic carbocycles. The lowest BCUT2D eigenvalue weighted by Gasteiger charge is -2.22. The van der Waals surface area contributed by atoms with Crippen molar-refractivity contribution in [3.63, 3.8) is 0 Å². The van der Waals surface area contributed by atoms with E-state index in [0.717, 1.165) is 0 Å². The van der Waals surface area contributed by atoms with Crippen molar-refractivity contribution in [1.29, 1.82) is 0 Å². The van der Waals surface area contributed by atoms with E-state index in [4.69, 9.17) is 9.47 Å². The van der Waals surface area contributed by atoms with Crippen LogP contribution in [0.5, 0.6) is 0 Å². The molecule has 0 bridgehead atoms. The molecule has 1 aromatic rings. The zero-order chi connectivity index (χ0) is 12.1. The Balaban J connectivity index is 2.08. The zero-order valence-corrected chi connectivity index (χ0v) is 9.70. The van der Waals surface area contributed by atoms with Crippen LogP contribution in [0.4, 0.5) is 0 Å². The Labute approximate surface area is 99.6 Å². The second-order valence-corrected chi connectivity index (χ2v) is 3.77. The van der Waals surface area contributed by atoms with Crippen LogP contribution in [0.3, 0.4) is 0 Å². The predicted molar refractivity (Wildman–Crippen MR) is 59.6 cm³/mol. The summed E-state index contributed by atoms with van der Waals surface area (Å²) < 4.78 is 10.6. The summed E-state index contributed by atoms with van der Waals surface area (Å²) in [6.45, 7) is 2.10. The topological polar surface area (TPSA) is 64.6 Å². The molecule has 1 amide bonds. The maximum absolute atomic E-state index is 12.1. The van der Waals surface area contributed by atoms with Gasteiger partial charge in [-0.25, -0.2) is 4.98 Å². The fraction of sp³-hybridized carbons (Fsp3) is 0.545. The molecule has 92 valence electrons. The monoisotopic (exact) mass is 237 g/mol. The first-order valence-electron chi connectivity index (χ1n) is 5.47. The number of hydrogen-bond acceptors (Lipinski definition) is 5. The summed E-state index contributed by atoms with van der Waals surface area (Å²) in [6, 6.07) is 0. The second-order valence-electron chi connectivity index (χ2n) is 3.77. The third-order valence-electron chi connectivity index (χ3n) is 2.64. The molecule has 1 saturated heterocycles. The summed E-state index contributed by atoms with van der Waals surface area (Å²) in [7, 11) is 1.62. The van der Waals surface area contributed by atoms with Crippen molar-refractivity contribution in [3.8, 4) is 0 Å². The van der Waals surface area contributed by atoms with Crippen LogP contribution in [0.2, 0.25) is 0 Å². The van der Waals surface area contributed by atoms with Crippen molar-refractivity contribution >= 4 is 5.91 Å². The Kier molecular flexibility index (Phi) is 4.00. The van der Waals surface area contributed by atoms with E-state index in [0.29, 0.717) is 32.0 Å². The quantitative estimate of drug-likeness (QED) is 0.722. The van der Waals surface area contributed by atoms with Crippen LogP contribution in [0, 0.1) is 0 Å². The third kappa shape index (κ3) is 2.98. The number of carbonyl (C=O) groups is 1. The van der Waals surface area contributed by atoms with E-state index in [2.05, 4.69) is 9.97 Å². The molecule has 0 unspecified atom stereocenters. The summed E-state index contributed by atoms with van der Waals surface area (Å²) >= 11 is 0. The molecule has 1 atom stereocenters. The molecule has 6 heteroatoms. The predicted octanol–water partition coefficient (Wildman–Crippen LogP) is -0.0360. The van der Waals surface area contributed by atoms with E-state index >= 15 is 0 Å². The maximum Gasteiger partial charge on any atom is 0.274 e. The molecular formula is C11H15N3O3. The highest BCUT2D eigenvalue weighted by molar-refractivity contribution is 5.92. The molecule has 17 heavy (non-hydrogen) atoms. The lowest BCUT2D eigenvalue weighted by molar-refractivity contribution is 0.0225. The van der Waals surface area contributed by atoms with Gasteiger partial charge in [-0.1, -0.05) is 0 Å². The standard InChI is InChI=1S/C11H15N3O3/c1-16-9-7-14(4-5-17-8-9)11(15)10-6-12-2-3-13-10/h2-3,6,9H,4-5,7-8H2,1H3/t9-/m1/s1. The Bertz CT molecular complexity index is 371. The van der Waals surface area contributed by atoms with Crippen molar-refractivity contribution < 1.29 is 14.3 Å². The number of ether oxygens (including phenoxy) is 2. The van der Waals surface area contributed by atoms with Gasteiger partial charge in [0.2, 0.25) is 0 Å². The number of hydrogen-bond donors (Lipinski definition) is 0. The molecule has 1 fully saturated rings. The first-order valence-corrected chi connectivity index (χ1v) is 5.47. The molecule has 0 aromatic carbocycles. The fourth-order valence-corrected chi connectivity index (χ4v) is 1.68. The highest BCUT2D eigenvalue weighted by Crippen LogP contribution is 2.07. The number of methoxy groups -OCH3 is 1. The number of nitrogens with zero attached hydrogens (tertiary/aromatic N) is 3. The van der Waals surface area contributed by atoms with Gasteiger partial charge in [-0.15, -0.1) is 0 Å². The Morgan fingerprint density at radius 1 is 1.59 bits per heavy atom. The second kappa shape index (κ2) is 5.70. The SMILES string of the molecule is CO[C@H]1COCCN(C(=O)c2cnccn2)C1. The minimum atomic E-state index is -0.134. The summed E-state index contributed by atoms with van der Waals surface area (Å²) in [5, 5.41) is 0. The van der Waals surface area contributed by atoms with Gasteiger partial charge < -0.3 is 14.4 Å². The van der Waals surface area contributed by atoms with Gasteiger partial charge in [-0.05, 0) is 0 Å². The van der Waals surface area contributed by atoms with E-state index in [-0.39, 0.29) is 12.0 Å². The van der Waals surface area contributed by atoms with Crippen LogP contribution >= 0.6 is 0 Å². The molecule has 0 N–H and O–H groups in total. The van der Waals surface area contributed by atoms with E-state index in [1.54, 1.807) is 18.2 Å². The van der Waals surface area contributed by atoms with Gasteiger partial charge in [0.05, 0.1) is 25.5 Å². The van der Waals surface area contributed by atoms with Crippen LogP contribution < -0.4 is 0 Å². The van der Waals surface area contributed by atoms with Gasteiger partial charge in [-0.3, -0.25) is 9.78 Å². The van der Waals surface area contributed by atoms with Gasteiger partial charge in [-0.2, -0.15) is 0 Å². The van der Waals surface area contributed by atoms with Gasteiger partial charge in [0.15, 0.2) is 0 Å². The molecule has 0 saturated carbocycles. The van der Waals surface area contributed by atoms with Gasteiger partial charge in [0, 0.05) is 32.6 Å². The molecule has 6 nitrogen and oxygen atoms in total. The van der Waals surface area contributed by atoms with E-state index < -0.39 is 0 Å². The third-order valence-corrected chi connectivity index (χ3v) is 2.64. The molecule has 0 spiro atoms. The number of carbonyl (C=O) groups excluding carboxylic acids is 1. The van der Waals surface area contributed by atoms with Crippen molar-refractivity contribution in [2.24, 2.45) is 0 Å². The van der Waals surface area contributed by atoms with Crippen LogP contribution in [0.1, 0.15) is 10.5 Å². The largest absolute Gasteiger partial charge is 0.377 e. The summed E-state index contributed by atoms with van der Waals surface area (Å²) in [5.41, 5.74) is 0.351. The molecule has 1 aliphatic heterocycles. The Hall–Kier alpha value is -1.53. The van der Waals surface area contributed by atoms with Crippen LogP contribution in [0.25, 0.3) is 0 Å².